The highest BCUT2D eigenvalue weighted by Crippen LogP contribution is 2.52. The summed E-state index contributed by atoms with van der Waals surface area (Å²) in [6, 6.07) is 8.76. The lowest BCUT2D eigenvalue weighted by atomic mass is 9.92. The lowest BCUT2D eigenvalue weighted by molar-refractivity contribution is -0.150. The minimum Gasteiger partial charge on any atom is -0.467 e. The van der Waals surface area contributed by atoms with Crippen LogP contribution in [0.5, 0.6) is 0 Å². The largest absolute Gasteiger partial charge is 0.467 e. The fourth-order valence-corrected chi connectivity index (χ4v) is 4.34. The standard InChI is InChI=1S/C17H20N2O2/c1-18-11-12-10-17(16(20)21-2)8-5-9-19(17)15(12)13-6-3-4-7-14(13)18/h3-4,6-7,10,15H,5,8-9,11H2,1-2H3/t15-,17-/m0/s1. The van der Waals surface area contributed by atoms with E-state index < -0.39 is 5.54 Å². The van der Waals surface area contributed by atoms with E-state index in [1.54, 1.807) is 0 Å². The molecule has 3 aliphatic rings. The first-order valence-corrected chi connectivity index (χ1v) is 7.54. The number of hydrogen-bond donors (Lipinski definition) is 0. The number of methoxy groups -OCH3 is 1. The number of ether oxygens (including phenoxy) is 1. The average molecular weight is 284 g/mol. The van der Waals surface area contributed by atoms with Crippen LogP contribution in [-0.4, -0.2) is 43.7 Å². The van der Waals surface area contributed by atoms with E-state index in [1.165, 1.54) is 23.9 Å². The molecule has 3 heterocycles. The van der Waals surface area contributed by atoms with Gasteiger partial charge in [0.1, 0.15) is 5.54 Å². The van der Waals surface area contributed by atoms with E-state index in [-0.39, 0.29) is 12.0 Å². The van der Waals surface area contributed by atoms with Gasteiger partial charge in [-0.05, 0) is 30.0 Å². The van der Waals surface area contributed by atoms with Crippen molar-refractivity contribution in [1.82, 2.24) is 4.90 Å². The number of esters is 1. The van der Waals surface area contributed by atoms with E-state index >= 15 is 0 Å². The number of fused-ring (bicyclic) bond motifs is 5. The Kier molecular flexibility index (Phi) is 2.67. The Morgan fingerprint density at radius 2 is 2.19 bits per heavy atom. The first-order valence-electron chi connectivity index (χ1n) is 7.54. The van der Waals surface area contributed by atoms with Crippen molar-refractivity contribution in [3.8, 4) is 0 Å². The fraction of sp³-hybridized carbons (Fsp3) is 0.471. The summed E-state index contributed by atoms with van der Waals surface area (Å²) in [6.45, 7) is 1.84. The highest BCUT2D eigenvalue weighted by atomic mass is 16.5. The van der Waals surface area contributed by atoms with E-state index in [0.717, 1.165) is 25.9 Å². The summed E-state index contributed by atoms with van der Waals surface area (Å²) in [4.78, 5) is 17.0. The summed E-state index contributed by atoms with van der Waals surface area (Å²) in [7, 11) is 3.61. The van der Waals surface area contributed by atoms with Crippen molar-refractivity contribution in [3.05, 3.63) is 41.5 Å². The summed E-state index contributed by atoms with van der Waals surface area (Å²) in [6.07, 6.45) is 4.10. The molecule has 1 aromatic carbocycles. The van der Waals surface area contributed by atoms with E-state index in [4.69, 9.17) is 4.74 Å². The quantitative estimate of drug-likeness (QED) is 0.584. The van der Waals surface area contributed by atoms with E-state index in [0.29, 0.717) is 0 Å². The van der Waals surface area contributed by atoms with E-state index in [2.05, 4.69) is 47.2 Å². The highest BCUT2D eigenvalue weighted by Gasteiger charge is 2.56. The van der Waals surface area contributed by atoms with Crippen molar-refractivity contribution >= 4 is 11.7 Å². The number of carbonyl (C=O) groups excluding carboxylic acids is 1. The van der Waals surface area contributed by atoms with Crippen LogP contribution in [0.1, 0.15) is 24.4 Å². The Morgan fingerprint density at radius 3 is 3.00 bits per heavy atom. The number of carbonyl (C=O) groups is 1. The lowest BCUT2D eigenvalue weighted by Crippen LogP contribution is -2.48. The van der Waals surface area contributed by atoms with Gasteiger partial charge in [-0.25, -0.2) is 4.79 Å². The number of para-hydroxylation sites is 1. The molecule has 0 bridgehead atoms. The molecule has 0 amide bonds. The maximum Gasteiger partial charge on any atom is 0.330 e. The first kappa shape index (κ1) is 12.9. The van der Waals surface area contributed by atoms with Crippen LogP contribution in [0.3, 0.4) is 0 Å². The van der Waals surface area contributed by atoms with Gasteiger partial charge >= 0.3 is 5.97 Å². The van der Waals surface area contributed by atoms with Gasteiger partial charge in [0.2, 0.25) is 0 Å². The number of rotatable bonds is 1. The maximum absolute atomic E-state index is 12.4. The van der Waals surface area contributed by atoms with Crippen molar-refractivity contribution < 1.29 is 9.53 Å². The van der Waals surface area contributed by atoms with E-state index in [9.17, 15) is 4.79 Å². The van der Waals surface area contributed by atoms with Crippen LogP contribution in [0, 0.1) is 0 Å². The fourth-order valence-electron chi connectivity index (χ4n) is 4.34. The predicted octanol–water partition coefficient (Wildman–Crippen LogP) is 2.13. The lowest BCUT2D eigenvalue weighted by Gasteiger charge is -2.38. The maximum atomic E-state index is 12.4. The molecule has 3 aliphatic heterocycles. The smallest absolute Gasteiger partial charge is 0.330 e. The Bertz CT molecular complexity index is 639. The molecule has 0 spiro atoms. The van der Waals surface area contributed by atoms with E-state index in [1.807, 2.05) is 0 Å². The van der Waals surface area contributed by atoms with Crippen molar-refractivity contribution in [2.24, 2.45) is 0 Å². The summed E-state index contributed by atoms with van der Waals surface area (Å²) >= 11 is 0. The minimum atomic E-state index is -0.535. The Labute approximate surface area is 125 Å². The molecule has 4 heteroatoms. The highest BCUT2D eigenvalue weighted by molar-refractivity contribution is 5.86. The molecular weight excluding hydrogens is 264 g/mol. The molecule has 1 fully saturated rings. The van der Waals surface area contributed by atoms with Gasteiger partial charge in [-0.3, -0.25) is 4.90 Å². The third-order valence-electron chi connectivity index (χ3n) is 5.16. The number of likely N-dealkylation sites (N-methyl/N-ethyl adjacent to an activating group) is 1. The summed E-state index contributed by atoms with van der Waals surface area (Å²) in [5.41, 5.74) is 3.38. The summed E-state index contributed by atoms with van der Waals surface area (Å²) in [5, 5.41) is 0. The SMILES string of the molecule is COC(=O)[C@]12C=C3CN(C)c4ccccc4[C@H]3N1CCC2. The molecule has 2 atom stereocenters. The number of anilines is 1. The van der Waals surface area contributed by atoms with Crippen molar-refractivity contribution in [2.75, 3.05) is 32.1 Å². The monoisotopic (exact) mass is 284 g/mol. The summed E-state index contributed by atoms with van der Waals surface area (Å²) < 4.78 is 5.12. The Balaban J connectivity index is 1.86. The number of benzene rings is 1. The van der Waals surface area contributed by atoms with Gasteiger partial charge in [-0.1, -0.05) is 24.3 Å². The number of nitrogens with zero attached hydrogens (tertiary/aromatic N) is 2. The molecule has 4 nitrogen and oxygen atoms in total. The number of hydrogen-bond acceptors (Lipinski definition) is 4. The normalized spacial score (nSPS) is 30.5. The average Bonchev–Trinajstić information content (AvgIpc) is 3.03. The molecule has 0 radical (unpaired) electrons. The molecule has 110 valence electrons. The second-order valence-corrected chi connectivity index (χ2v) is 6.25. The van der Waals surface area contributed by atoms with Gasteiger partial charge in [0.25, 0.3) is 0 Å². The van der Waals surface area contributed by atoms with Gasteiger partial charge in [0, 0.05) is 25.8 Å². The van der Waals surface area contributed by atoms with Crippen molar-refractivity contribution in [2.45, 2.75) is 24.4 Å². The topological polar surface area (TPSA) is 32.8 Å². The zero-order chi connectivity index (χ0) is 14.6. The first-order chi connectivity index (χ1) is 10.2. The zero-order valence-corrected chi connectivity index (χ0v) is 12.5. The third-order valence-corrected chi connectivity index (χ3v) is 5.16. The Morgan fingerprint density at radius 1 is 1.38 bits per heavy atom. The van der Waals surface area contributed by atoms with Crippen LogP contribution in [0.4, 0.5) is 5.69 Å². The molecule has 4 rings (SSSR count). The molecule has 0 unspecified atom stereocenters. The molecular formula is C17H20N2O2. The molecule has 0 N–H and O–H groups in total. The van der Waals surface area contributed by atoms with Gasteiger partial charge < -0.3 is 9.64 Å². The van der Waals surface area contributed by atoms with Crippen LogP contribution < -0.4 is 4.90 Å². The molecule has 0 aliphatic carbocycles. The van der Waals surface area contributed by atoms with Crippen molar-refractivity contribution in [1.29, 1.82) is 0 Å². The molecule has 0 saturated carbocycles. The van der Waals surface area contributed by atoms with Crippen LogP contribution in [0.15, 0.2) is 35.9 Å². The van der Waals surface area contributed by atoms with Gasteiger partial charge in [0.05, 0.1) is 13.2 Å². The second kappa shape index (κ2) is 4.34. The summed E-state index contributed by atoms with van der Waals surface area (Å²) in [5.74, 6) is -0.109. The molecule has 1 saturated heterocycles. The molecule has 0 aromatic heterocycles. The molecule has 21 heavy (non-hydrogen) atoms. The van der Waals surface area contributed by atoms with Crippen LogP contribution >= 0.6 is 0 Å². The van der Waals surface area contributed by atoms with Gasteiger partial charge in [-0.2, -0.15) is 0 Å². The van der Waals surface area contributed by atoms with Crippen LogP contribution in [0.2, 0.25) is 0 Å². The second-order valence-electron chi connectivity index (χ2n) is 6.25. The minimum absolute atomic E-state index is 0.109. The van der Waals surface area contributed by atoms with Gasteiger partial charge in [-0.15, -0.1) is 0 Å². The van der Waals surface area contributed by atoms with Crippen LogP contribution in [-0.2, 0) is 9.53 Å². The molecule has 1 aromatic rings. The predicted molar refractivity (Wildman–Crippen MR) is 81.2 cm³/mol. The third kappa shape index (κ3) is 1.57. The van der Waals surface area contributed by atoms with Crippen molar-refractivity contribution in [3.63, 3.8) is 0 Å². The van der Waals surface area contributed by atoms with Gasteiger partial charge in [0.15, 0.2) is 0 Å². The van der Waals surface area contributed by atoms with Crippen LogP contribution in [0.25, 0.3) is 0 Å². The zero-order valence-electron chi connectivity index (χ0n) is 12.5. The Hall–Kier alpha value is -1.81.